The van der Waals surface area contributed by atoms with Gasteiger partial charge < -0.3 is 29.7 Å². The number of carboxylic acids is 1. The highest BCUT2D eigenvalue weighted by Gasteiger charge is 2.40. The Morgan fingerprint density at radius 3 is 2.24 bits per heavy atom. The van der Waals surface area contributed by atoms with Gasteiger partial charge in [0.1, 0.15) is 12.6 Å². The van der Waals surface area contributed by atoms with Crippen molar-refractivity contribution >= 4 is 35.6 Å². The lowest BCUT2D eigenvalue weighted by molar-refractivity contribution is -0.245. The number of hydrogen-bond acceptors (Lipinski definition) is 9. The summed E-state index contributed by atoms with van der Waals surface area (Å²) in [5.41, 5.74) is 4.16. The smallest absolute Gasteiger partial charge is 0.408 e. The number of hydrogen-bond donors (Lipinski definition) is 3. The number of amides is 3. The van der Waals surface area contributed by atoms with E-state index in [-0.39, 0.29) is 44.0 Å². The van der Waals surface area contributed by atoms with Crippen molar-refractivity contribution in [3.8, 4) is 0 Å². The summed E-state index contributed by atoms with van der Waals surface area (Å²) in [5.74, 6) is -1.41. The molecule has 11 nitrogen and oxygen atoms in total. The van der Waals surface area contributed by atoms with Crippen molar-refractivity contribution in [1.29, 1.82) is 0 Å². The lowest BCUT2D eigenvalue weighted by atomic mass is 10.0. The first-order valence-electron chi connectivity index (χ1n) is 16.1. The van der Waals surface area contributed by atoms with Crippen molar-refractivity contribution < 1.29 is 43.6 Å². The van der Waals surface area contributed by atoms with Gasteiger partial charge in [0.25, 0.3) is 5.91 Å². The number of carbonyl (C=O) groups is 4. The molecule has 0 bridgehead atoms. The molecule has 1 unspecified atom stereocenters. The number of ether oxygens (including phenoxy) is 3. The zero-order valence-corrected chi connectivity index (χ0v) is 27.8. The number of thioether (sulfide) groups is 1. The van der Waals surface area contributed by atoms with E-state index in [0.717, 1.165) is 27.2 Å². The van der Waals surface area contributed by atoms with Gasteiger partial charge in [0, 0.05) is 22.6 Å². The van der Waals surface area contributed by atoms with Gasteiger partial charge in [-0.2, -0.15) is 0 Å². The Hall–Kier alpha value is -5.01. The van der Waals surface area contributed by atoms with Crippen LogP contribution in [0.3, 0.4) is 0 Å². The van der Waals surface area contributed by atoms with Gasteiger partial charge in [-0.3, -0.25) is 14.5 Å². The summed E-state index contributed by atoms with van der Waals surface area (Å²) in [7, 11) is 0. The van der Waals surface area contributed by atoms with Crippen LogP contribution < -0.4 is 5.32 Å². The molecule has 2 aliphatic rings. The van der Waals surface area contributed by atoms with Gasteiger partial charge in [-0.15, -0.1) is 11.8 Å². The lowest BCUT2D eigenvalue weighted by Crippen LogP contribution is -2.41. The maximum absolute atomic E-state index is 13.1. The van der Waals surface area contributed by atoms with Gasteiger partial charge in [-0.1, -0.05) is 91.0 Å². The number of imide groups is 1. The van der Waals surface area contributed by atoms with Crippen LogP contribution in [0.15, 0.2) is 108 Å². The van der Waals surface area contributed by atoms with Crippen LogP contribution in [0.4, 0.5) is 4.79 Å². The molecule has 258 valence electrons. The summed E-state index contributed by atoms with van der Waals surface area (Å²) < 4.78 is 18.0. The van der Waals surface area contributed by atoms with Gasteiger partial charge in [0.05, 0.1) is 37.3 Å². The highest BCUT2D eigenvalue weighted by atomic mass is 32.2. The van der Waals surface area contributed by atoms with Crippen LogP contribution >= 0.6 is 11.8 Å². The molecule has 0 radical (unpaired) electrons. The highest BCUT2D eigenvalue weighted by Crippen LogP contribution is 2.40. The highest BCUT2D eigenvalue weighted by molar-refractivity contribution is 7.99. The standard InChI is InChI=1S/C38H36N2O9S/c41-21-25-12-14-27(15-13-25)32-18-29(23-50-33-9-5-4-8-30(33)36(44)45)48-37(49-32)28-16-10-24(11-17-28)20-40-34(42)19-31(35(40)43)39-38(46)47-22-26-6-2-1-3-7-26/h1-17,29,31-32,37,41H,18-23H2,(H,39,46)(H,44,45)/t29-,31?,32+,37+/m1/s1. The van der Waals surface area contributed by atoms with E-state index in [1.807, 2.05) is 66.7 Å². The molecule has 2 saturated heterocycles. The minimum Gasteiger partial charge on any atom is -0.478 e. The lowest BCUT2D eigenvalue weighted by Gasteiger charge is -2.36. The molecule has 50 heavy (non-hydrogen) atoms. The number of carbonyl (C=O) groups excluding carboxylic acids is 3. The van der Waals surface area contributed by atoms with Gasteiger partial charge in [0.2, 0.25) is 5.91 Å². The van der Waals surface area contributed by atoms with Crippen LogP contribution in [-0.4, -0.2) is 56.9 Å². The Labute approximate surface area is 293 Å². The zero-order chi connectivity index (χ0) is 35.0. The number of carboxylic acid groups (broad SMARTS) is 1. The second-order valence-electron chi connectivity index (χ2n) is 12.0. The number of rotatable bonds is 12. The summed E-state index contributed by atoms with van der Waals surface area (Å²) in [6.45, 7) is 0.00387. The fourth-order valence-corrected chi connectivity index (χ4v) is 6.87. The van der Waals surface area contributed by atoms with Crippen molar-refractivity contribution in [2.45, 2.75) is 62.0 Å². The topological polar surface area (TPSA) is 152 Å². The van der Waals surface area contributed by atoms with E-state index in [1.165, 1.54) is 11.8 Å². The number of aliphatic hydroxyl groups excluding tert-OH is 1. The summed E-state index contributed by atoms with van der Waals surface area (Å²) >= 11 is 1.41. The van der Waals surface area contributed by atoms with Crippen LogP contribution in [-0.2, 0) is 43.6 Å². The molecule has 2 fully saturated rings. The van der Waals surface area contributed by atoms with E-state index >= 15 is 0 Å². The summed E-state index contributed by atoms with van der Waals surface area (Å²) in [5, 5.41) is 21.6. The Morgan fingerprint density at radius 2 is 1.52 bits per heavy atom. The zero-order valence-electron chi connectivity index (χ0n) is 27.0. The number of nitrogens with zero attached hydrogens (tertiary/aromatic N) is 1. The van der Waals surface area contributed by atoms with Crippen LogP contribution in [0, 0.1) is 0 Å². The van der Waals surface area contributed by atoms with Crippen LogP contribution in [0.25, 0.3) is 0 Å². The summed E-state index contributed by atoms with van der Waals surface area (Å²) in [6, 6.07) is 29.7. The Bertz CT molecular complexity index is 1820. The Balaban J connectivity index is 1.10. The van der Waals surface area contributed by atoms with E-state index in [0.29, 0.717) is 22.6 Å². The molecule has 0 aliphatic carbocycles. The first kappa shape index (κ1) is 34.8. The third kappa shape index (κ3) is 8.58. The fourth-order valence-electron chi connectivity index (χ4n) is 5.81. The van der Waals surface area contributed by atoms with E-state index in [9.17, 15) is 29.4 Å². The second kappa shape index (κ2) is 16.1. The summed E-state index contributed by atoms with van der Waals surface area (Å²) in [4.78, 5) is 51.7. The molecule has 0 saturated carbocycles. The fraction of sp³-hybridized carbons (Fsp3) is 0.263. The molecule has 2 aliphatic heterocycles. The normalized spacial score (nSPS) is 20.5. The minimum absolute atomic E-state index is 0.0314. The third-order valence-electron chi connectivity index (χ3n) is 8.50. The molecule has 3 amide bonds. The molecule has 4 aromatic carbocycles. The average Bonchev–Trinajstić information content (AvgIpc) is 3.40. The molecule has 6 rings (SSSR count). The van der Waals surface area contributed by atoms with Crippen LogP contribution in [0.2, 0.25) is 0 Å². The van der Waals surface area contributed by atoms with E-state index in [1.54, 1.807) is 36.4 Å². The molecule has 0 spiro atoms. The van der Waals surface area contributed by atoms with Gasteiger partial charge >= 0.3 is 12.1 Å². The molecular weight excluding hydrogens is 660 g/mol. The number of likely N-dealkylation sites (tertiary alicyclic amines) is 1. The molecule has 3 N–H and O–H groups in total. The monoisotopic (exact) mass is 696 g/mol. The molecule has 12 heteroatoms. The van der Waals surface area contributed by atoms with Gasteiger partial charge in [-0.05, 0) is 34.4 Å². The maximum Gasteiger partial charge on any atom is 0.408 e. The maximum atomic E-state index is 13.1. The number of alkyl carbamates (subject to hydrolysis) is 1. The first-order valence-corrected chi connectivity index (χ1v) is 17.1. The second-order valence-corrected chi connectivity index (χ2v) is 13.0. The molecular formula is C38H36N2O9S. The number of benzene rings is 4. The number of aliphatic hydroxyl groups is 1. The third-order valence-corrected chi connectivity index (χ3v) is 9.70. The SMILES string of the molecule is O=C(NC1CC(=O)N(Cc2ccc([C@H]3O[C@@H](CSc4ccccc4C(=O)O)C[C@@H](c4ccc(CO)cc4)O3)cc2)C1=O)OCc1ccccc1. The van der Waals surface area contributed by atoms with Gasteiger partial charge in [-0.25, -0.2) is 9.59 Å². The molecule has 0 aromatic heterocycles. The van der Waals surface area contributed by atoms with Gasteiger partial charge in [0.15, 0.2) is 6.29 Å². The van der Waals surface area contributed by atoms with Crippen LogP contribution in [0.5, 0.6) is 0 Å². The molecule has 2 heterocycles. The van der Waals surface area contributed by atoms with Crippen molar-refractivity contribution in [2.24, 2.45) is 0 Å². The van der Waals surface area contributed by atoms with Crippen molar-refractivity contribution in [3.05, 3.63) is 137 Å². The summed E-state index contributed by atoms with van der Waals surface area (Å²) in [6.07, 6.45) is -1.76. The average molecular weight is 697 g/mol. The number of nitrogens with one attached hydrogen (secondary N) is 1. The Kier molecular flexibility index (Phi) is 11.2. The first-order chi connectivity index (χ1) is 24.3. The van der Waals surface area contributed by atoms with E-state index in [2.05, 4.69) is 5.32 Å². The van der Waals surface area contributed by atoms with E-state index < -0.39 is 36.2 Å². The van der Waals surface area contributed by atoms with Crippen molar-refractivity contribution in [3.63, 3.8) is 0 Å². The van der Waals surface area contributed by atoms with E-state index in [4.69, 9.17) is 14.2 Å². The molecule has 4 atom stereocenters. The largest absolute Gasteiger partial charge is 0.478 e. The minimum atomic E-state index is -1.00. The van der Waals surface area contributed by atoms with Crippen LogP contribution in [0.1, 0.15) is 63.4 Å². The number of aromatic carboxylic acids is 1. The predicted octanol–water partition coefficient (Wildman–Crippen LogP) is 5.77. The predicted molar refractivity (Wildman–Crippen MR) is 183 cm³/mol. The van der Waals surface area contributed by atoms with Crippen molar-refractivity contribution in [1.82, 2.24) is 10.2 Å². The Morgan fingerprint density at radius 1 is 0.840 bits per heavy atom. The quantitative estimate of drug-likeness (QED) is 0.123. The van der Waals surface area contributed by atoms with Crippen molar-refractivity contribution in [2.75, 3.05) is 5.75 Å². The molecule has 4 aromatic rings.